The van der Waals surface area contributed by atoms with Gasteiger partial charge in [-0.15, -0.1) is 0 Å². The molecule has 0 saturated carbocycles. The Morgan fingerprint density at radius 3 is 1.66 bits per heavy atom. The van der Waals surface area contributed by atoms with E-state index < -0.39 is 60.5 Å². The molecule has 1 amide bonds. The van der Waals surface area contributed by atoms with Gasteiger partial charge in [0.1, 0.15) is 35.6 Å². The molecule has 0 spiro atoms. The molecule has 1 aromatic heterocycles. The van der Waals surface area contributed by atoms with Crippen molar-refractivity contribution in [3.05, 3.63) is 187 Å². The zero-order chi connectivity index (χ0) is 58.6. The first kappa shape index (κ1) is 63.8. The van der Waals surface area contributed by atoms with E-state index in [2.05, 4.69) is 27.2 Å². The number of nitrogen functional groups attached to an aromatic ring is 1. The fourth-order valence-corrected chi connectivity index (χ4v) is 7.62. The predicted molar refractivity (Wildman–Crippen MR) is 283 cm³/mol. The highest BCUT2D eigenvalue weighted by Gasteiger charge is 2.26. The first-order valence-corrected chi connectivity index (χ1v) is 24.4. The molecule has 0 unspecified atom stereocenters. The van der Waals surface area contributed by atoms with Crippen LogP contribution in [0.15, 0.2) is 91.6 Å². The van der Waals surface area contributed by atoms with Crippen LogP contribution in [0.1, 0.15) is 28.1 Å². The van der Waals surface area contributed by atoms with E-state index in [0.29, 0.717) is 62.4 Å². The van der Waals surface area contributed by atoms with Crippen molar-refractivity contribution in [2.75, 3.05) is 58.1 Å². The number of aryl methyl sites for hydroxylation is 3. The van der Waals surface area contributed by atoms with Gasteiger partial charge in [0.15, 0.2) is 11.6 Å². The maximum atomic E-state index is 12.7. The van der Waals surface area contributed by atoms with Crippen LogP contribution in [0, 0.1) is 83.0 Å². The molecule has 0 fully saturated rings. The van der Waals surface area contributed by atoms with Crippen molar-refractivity contribution in [1.29, 1.82) is 0 Å². The highest BCUT2D eigenvalue weighted by molar-refractivity contribution is 7.70. The number of nitrogens with zero attached hydrogens (tertiary/aromatic N) is 7. The van der Waals surface area contributed by atoms with E-state index in [1.807, 2.05) is 43.3 Å². The number of carbonyl (C=O) groups excluding carboxylic acids is 1. The number of nitro benzene ring substituents is 5. The van der Waals surface area contributed by atoms with Crippen molar-refractivity contribution in [2.24, 2.45) is 0 Å². The fraction of sp³-hybridized carbons (Fsp3) is 0.213. The third-order valence-electron chi connectivity index (χ3n) is 10.00. The van der Waals surface area contributed by atoms with E-state index in [0.717, 1.165) is 24.3 Å². The Morgan fingerprint density at radius 2 is 1.18 bits per heavy atom. The highest BCUT2D eigenvalue weighted by Crippen LogP contribution is 2.39. The van der Waals surface area contributed by atoms with Crippen molar-refractivity contribution in [2.45, 2.75) is 27.2 Å². The fourth-order valence-electron chi connectivity index (χ4n) is 6.32. The molecule has 77 heavy (non-hydrogen) atoms. The third kappa shape index (κ3) is 18.0. The molecule has 0 bridgehead atoms. The van der Waals surface area contributed by atoms with Gasteiger partial charge < -0.3 is 40.2 Å². The summed E-state index contributed by atoms with van der Waals surface area (Å²) < 4.78 is 53.2. The van der Waals surface area contributed by atoms with Crippen LogP contribution in [-0.4, -0.2) is 87.4 Å². The number of amides is 1. The first-order valence-electron chi connectivity index (χ1n) is 21.4. The summed E-state index contributed by atoms with van der Waals surface area (Å²) in [5, 5.41) is 65.9. The van der Waals surface area contributed by atoms with Crippen LogP contribution in [0.3, 0.4) is 0 Å². The van der Waals surface area contributed by atoms with E-state index in [-0.39, 0.29) is 40.9 Å². The molecule has 1 heterocycles. The number of nitrogens with two attached hydrogens (primary N) is 1. The van der Waals surface area contributed by atoms with E-state index in [1.54, 1.807) is 33.4 Å². The van der Waals surface area contributed by atoms with Gasteiger partial charge in [-0.3, -0.25) is 55.4 Å². The molecule has 26 nitrogen and oxygen atoms in total. The minimum absolute atomic E-state index is 0.0123. The van der Waals surface area contributed by atoms with Crippen molar-refractivity contribution < 1.29 is 62.1 Å². The SMILES string of the molecule is C=CC(=O)Nc1cc(Cc2ncc(Cl)c(Nc3ccccc3P(C)(C)=O)n2)c(OC)cc1C.CO.COc1cc(C)c([N+](=O)[O-])cc1N.COc1cc(C)c([N+](=O)[O-])cc1[N+](=O)[O-].O=[N+]([O-])c1cc([N+](=O)[O-])c(F)cc1F. The van der Waals surface area contributed by atoms with Crippen molar-refractivity contribution in [3.8, 4) is 17.2 Å². The Hall–Kier alpha value is -9.27. The molecule has 5 aromatic carbocycles. The monoisotopic (exact) mass is 1110 g/mol. The largest absolute Gasteiger partial charge is 0.496 e. The van der Waals surface area contributed by atoms with Gasteiger partial charge in [-0.25, -0.2) is 9.97 Å². The topological polar surface area (TPSA) is 374 Å². The van der Waals surface area contributed by atoms with Crippen LogP contribution in [-0.2, 0) is 15.8 Å². The van der Waals surface area contributed by atoms with E-state index in [1.165, 1.54) is 45.5 Å². The number of benzene rings is 5. The van der Waals surface area contributed by atoms with Gasteiger partial charge >= 0.3 is 17.1 Å². The second-order valence-electron chi connectivity index (χ2n) is 15.6. The summed E-state index contributed by atoms with van der Waals surface area (Å²) in [6.07, 6.45) is 3.08. The number of nitro groups is 5. The molecular weight excluding hydrogens is 1060 g/mol. The molecule has 0 saturated heterocycles. The smallest absolute Gasteiger partial charge is 0.317 e. The van der Waals surface area contributed by atoms with E-state index >= 15 is 0 Å². The minimum atomic E-state index is -2.52. The molecule has 0 radical (unpaired) electrons. The maximum absolute atomic E-state index is 12.7. The van der Waals surface area contributed by atoms with Gasteiger partial charge in [-0.1, -0.05) is 30.3 Å². The zero-order valence-corrected chi connectivity index (χ0v) is 44.0. The minimum Gasteiger partial charge on any atom is -0.496 e. The lowest BCUT2D eigenvalue weighted by atomic mass is 10.1. The van der Waals surface area contributed by atoms with Gasteiger partial charge in [0.25, 0.3) is 11.4 Å². The van der Waals surface area contributed by atoms with Gasteiger partial charge in [0.05, 0.1) is 69.6 Å². The number of aliphatic hydroxyl groups is 1. The average molecular weight is 1120 g/mol. The van der Waals surface area contributed by atoms with Gasteiger partial charge in [-0.2, -0.15) is 8.78 Å². The Labute approximate surface area is 441 Å². The predicted octanol–water partition coefficient (Wildman–Crippen LogP) is 9.86. The molecule has 6 rings (SSSR count). The van der Waals surface area contributed by atoms with Gasteiger partial charge in [0.2, 0.25) is 17.5 Å². The molecule has 0 aliphatic carbocycles. The normalized spacial score (nSPS) is 10.1. The number of ether oxygens (including phenoxy) is 3. The number of nitrogens with one attached hydrogen (secondary N) is 2. The molecule has 6 aromatic rings. The number of anilines is 4. The van der Waals surface area contributed by atoms with Crippen LogP contribution in [0.5, 0.6) is 17.2 Å². The summed E-state index contributed by atoms with van der Waals surface area (Å²) >= 11 is 6.36. The number of halogens is 3. The number of rotatable bonds is 15. The summed E-state index contributed by atoms with van der Waals surface area (Å²) in [6.45, 7) is 11.9. The first-order chi connectivity index (χ1) is 36.1. The molecule has 0 atom stereocenters. The summed E-state index contributed by atoms with van der Waals surface area (Å²) in [5.74, 6) is -1.15. The van der Waals surface area contributed by atoms with Crippen molar-refractivity contribution in [3.63, 3.8) is 0 Å². The van der Waals surface area contributed by atoms with Gasteiger partial charge in [-0.05, 0) is 82.1 Å². The molecule has 0 aliphatic rings. The third-order valence-corrected chi connectivity index (χ3v) is 11.8. The number of aliphatic hydroxyl groups excluding tert-OH is 1. The van der Waals surface area contributed by atoms with Crippen LogP contribution in [0.2, 0.25) is 5.02 Å². The Bertz CT molecular complexity index is 3220. The van der Waals surface area contributed by atoms with E-state index in [4.69, 9.17) is 36.7 Å². The molecule has 410 valence electrons. The Morgan fingerprint density at radius 1 is 0.714 bits per heavy atom. The molecule has 5 N–H and O–H groups in total. The lowest BCUT2D eigenvalue weighted by molar-refractivity contribution is -0.397. The lowest BCUT2D eigenvalue weighted by Crippen LogP contribution is -2.11. The molecule has 0 aliphatic heterocycles. The van der Waals surface area contributed by atoms with Crippen LogP contribution < -0.4 is 35.9 Å². The number of carbonyl (C=O) groups is 1. The van der Waals surface area contributed by atoms with Crippen LogP contribution >= 0.6 is 18.7 Å². The zero-order valence-electron chi connectivity index (χ0n) is 42.4. The number of methoxy groups -OCH3 is 3. The van der Waals surface area contributed by atoms with Crippen molar-refractivity contribution in [1.82, 2.24) is 9.97 Å². The van der Waals surface area contributed by atoms with Gasteiger partial charge in [0, 0.05) is 53.3 Å². The van der Waals surface area contributed by atoms with Crippen molar-refractivity contribution >= 4 is 81.3 Å². The molecular formula is C47H50ClF2N10O16P. The number of para-hydroxylation sites is 1. The quantitative estimate of drug-likeness (QED) is 0.0244. The average Bonchev–Trinajstić information content (AvgIpc) is 3.36. The summed E-state index contributed by atoms with van der Waals surface area (Å²) in [5.41, 5.74) is 6.69. The summed E-state index contributed by atoms with van der Waals surface area (Å²) in [4.78, 5) is 68.4. The maximum Gasteiger partial charge on any atom is 0.317 e. The second kappa shape index (κ2) is 29.0. The Balaban J connectivity index is 0.000000384. The highest BCUT2D eigenvalue weighted by atomic mass is 35.5. The lowest BCUT2D eigenvalue weighted by Gasteiger charge is -2.16. The second-order valence-corrected chi connectivity index (χ2v) is 19.1. The van der Waals surface area contributed by atoms with Crippen LogP contribution in [0.25, 0.3) is 0 Å². The Kier molecular flexibility index (Phi) is 24.0. The number of hydrogen-bond acceptors (Lipinski definition) is 20. The van der Waals surface area contributed by atoms with E-state index in [9.17, 15) is 68.7 Å². The number of aromatic nitrogens is 2. The molecule has 30 heteroatoms. The summed E-state index contributed by atoms with van der Waals surface area (Å²) in [7, 11) is 2.81. The summed E-state index contributed by atoms with van der Waals surface area (Å²) in [6, 6.07) is 16.4. The van der Waals surface area contributed by atoms with Crippen LogP contribution in [0.4, 0.5) is 60.1 Å². The standard InChI is InChI=1S/C24H26ClN4O3P.C8H8N2O5.C8H10N2O3.C6H2F2N2O4.CH4O/c1-6-23(30)27-19-12-16(20(32-3)11-15(19)2)13-22-26-14-17(25)24(29-22)28-18-9-7-8-10-21(18)33(4,5)31;1-5-3-8(15-2)7(10(13)14)4-6(5)9(11)12;1-5-3-8(13-2)6(9)4-7(5)10(11)12;7-3-1-4(8)6(10(13)14)2-5(3)9(11)12;1-2/h6-12,14H,1,13H2,2-5H3,(H,27,30)(H,26,28,29);3-4H,1-2H3;3-4H,9H2,1-2H3;1-2H;2H,1H3. The number of hydrogen-bond donors (Lipinski definition) is 4.